The fourth-order valence-corrected chi connectivity index (χ4v) is 1.64. The summed E-state index contributed by atoms with van der Waals surface area (Å²) in [6, 6.07) is 7.02. The number of hydrogen-bond acceptors (Lipinski definition) is 5. The first-order valence-electron chi connectivity index (χ1n) is 6.65. The Kier molecular flexibility index (Phi) is 6.28. The van der Waals surface area contributed by atoms with E-state index in [1.54, 1.807) is 25.1 Å². The van der Waals surface area contributed by atoms with E-state index in [-0.39, 0.29) is 18.3 Å². The summed E-state index contributed by atoms with van der Waals surface area (Å²) in [5.74, 6) is 0.513. The van der Waals surface area contributed by atoms with Crippen LogP contribution in [0, 0.1) is 11.3 Å². The minimum Gasteiger partial charge on any atom is -0.493 e. The van der Waals surface area contributed by atoms with Crippen molar-refractivity contribution in [2.24, 2.45) is 0 Å². The van der Waals surface area contributed by atoms with Gasteiger partial charge in [0, 0.05) is 0 Å². The molecule has 0 atom stereocenters. The Bertz CT molecular complexity index is 570. The molecule has 0 bridgehead atoms. The number of hydrogen-bond donors (Lipinski definition) is 0. The van der Waals surface area contributed by atoms with Crippen LogP contribution < -0.4 is 9.47 Å². The second-order valence-electron chi connectivity index (χ2n) is 4.47. The van der Waals surface area contributed by atoms with Crippen LogP contribution in [0.5, 0.6) is 11.5 Å². The van der Waals surface area contributed by atoms with Gasteiger partial charge in [0.1, 0.15) is 11.6 Å². The van der Waals surface area contributed by atoms with Crippen molar-refractivity contribution in [1.82, 2.24) is 0 Å². The predicted octanol–water partition coefficient (Wildman–Crippen LogP) is 2.95. The van der Waals surface area contributed by atoms with E-state index in [0.717, 1.165) is 0 Å². The zero-order chi connectivity index (χ0) is 15.8. The topological polar surface area (TPSA) is 68.6 Å². The summed E-state index contributed by atoms with van der Waals surface area (Å²) in [6.45, 7) is 5.75. The second kappa shape index (κ2) is 7.95. The number of nitrogens with zero attached hydrogens (tertiary/aromatic N) is 1. The predicted molar refractivity (Wildman–Crippen MR) is 79.0 cm³/mol. The van der Waals surface area contributed by atoms with Crippen molar-refractivity contribution in [2.45, 2.75) is 26.9 Å². The van der Waals surface area contributed by atoms with Crippen LogP contribution in [0.4, 0.5) is 0 Å². The van der Waals surface area contributed by atoms with Crippen molar-refractivity contribution >= 4 is 12.0 Å². The number of benzene rings is 1. The third-order valence-electron chi connectivity index (χ3n) is 2.48. The number of carbonyl (C=O) groups excluding carboxylic acids is 1. The Balaban J connectivity index is 3.09. The number of rotatable bonds is 6. The summed E-state index contributed by atoms with van der Waals surface area (Å²) in [5, 5.41) is 9.01. The quantitative estimate of drug-likeness (QED) is 0.457. The highest BCUT2D eigenvalue weighted by Crippen LogP contribution is 2.29. The molecule has 0 aliphatic heterocycles. The average molecular weight is 289 g/mol. The monoisotopic (exact) mass is 289 g/mol. The van der Waals surface area contributed by atoms with E-state index >= 15 is 0 Å². The zero-order valence-electron chi connectivity index (χ0n) is 12.7. The second-order valence-corrected chi connectivity index (χ2v) is 4.47. The van der Waals surface area contributed by atoms with Gasteiger partial charge in [0.05, 0.1) is 19.8 Å². The Morgan fingerprint density at radius 2 is 2.10 bits per heavy atom. The maximum absolute atomic E-state index is 11.6. The number of methoxy groups -OCH3 is 1. The molecular weight excluding hydrogens is 270 g/mol. The number of carbonyl (C=O) groups is 1. The van der Waals surface area contributed by atoms with Gasteiger partial charge in [-0.15, -0.1) is 0 Å². The molecule has 0 saturated heterocycles. The Hall–Kier alpha value is -2.48. The molecule has 112 valence electrons. The highest BCUT2D eigenvalue weighted by molar-refractivity contribution is 5.97. The molecule has 5 nitrogen and oxygen atoms in total. The van der Waals surface area contributed by atoms with E-state index in [1.807, 2.05) is 19.9 Å². The van der Waals surface area contributed by atoms with Crippen molar-refractivity contribution in [1.29, 1.82) is 5.26 Å². The van der Waals surface area contributed by atoms with Gasteiger partial charge < -0.3 is 14.2 Å². The van der Waals surface area contributed by atoms with Crippen LogP contribution in [-0.2, 0) is 9.53 Å². The number of nitriles is 1. The normalized spacial score (nSPS) is 11.0. The van der Waals surface area contributed by atoms with Crippen molar-refractivity contribution in [3.05, 3.63) is 29.3 Å². The Morgan fingerprint density at radius 3 is 2.62 bits per heavy atom. The molecule has 1 rings (SSSR count). The number of ether oxygens (including phenoxy) is 3. The van der Waals surface area contributed by atoms with Crippen LogP contribution >= 0.6 is 0 Å². The molecule has 1 aromatic rings. The Labute approximate surface area is 124 Å². The maximum Gasteiger partial charge on any atom is 0.348 e. The lowest BCUT2D eigenvalue weighted by Crippen LogP contribution is -2.07. The average Bonchev–Trinajstić information content (AvgIpc) is 2.45. The Morgan fingerprint density at radius 1 is 1.38 bits per heavy atom. The van der Waals surface area contributed by atoms with Gasteiger partial charge in [-0.25, -0.2) is 4.79 Å². The summed E-state index contributed by atoms with van der Waals surface area (Å²) >= 11 is 0. The van der Waals surface area contributed by atoms with Crippen LogP contribution in [-0.4, -0.2) is 25.8 Å². The highest BCUT2D eigenvalue weighted by atomic mass is 16.5. The largest absolute Gasteiger partial charge is 0.493 e. The molecule has 0 aromatic heterocycles. The minimum absolute atomic E-state index is 0.0227. The first-order valence-corrected chi connectivity index (χ1v) is 6.65. The molecular formula is C16H19NO4. The first kappa shape index (κ1) is 16.6. The van der Waals surface area contributed by atoms with Gasteiger partial charge in [-0.2, -0.15) is 5.26 Å². The van der Waals surface area contributed by atoms with Crippen LogP contribution in [0.15, 0.2) is 23.8 Å². The van der Waals surface area contributed by atoms with Gasteiger partial charge >= 0.3 is 5.97 Å². The molecule has 0 aliphatic carbocycles. The summed E-state index contributed by atoms with van der Waals surface area (Å²) < 4.78 is 15.7. The molecule has 0 unspecified atom stereocenters. The standard InChI is InChI=1S/C16H19NO4/c1-5-20-16(18)13(10-17)8-12-6-7-14(21-11(2)3)15(9-12)19-4/h6-9,11H,5H2,1-4H3/b13-8-. The molecule has 0 aliphatic rings. The molecule has 1 aromatic carbocycles. The van der Waals surface area contributed by atoms with Crippen LogP contribution in [0.3, 0.4) is 0 Å². The molecule has 0 radical (unpaired) electrons. The van der Waals surface area contributed by atoms with Gasteiger partial charge in [-0.3, -0.25) is 0 Å². The van der Waals surface area contributed by atoms with Gasteiger partial charge in [-0.05, 0) is 44.5 Å². The molecule has 5 heteroatoms. The molecule has 21 heavy (non-hydrogen) atoms. The SMILES string of the molecule is CCOC(=O)/C(C#N)=C\c1ccc(OC(C)C)c(OC)c1. The van der Waals surface area contributed by atoms with E-state index in [4.69, 9.17) is 19.5 Å². The summed E-state index contributed by atoms with van der Waals surface area (Å²) in [5.41, 5.74) is 0.601. The summed E-state index contributed by atoms with van der Waals surface area (Å²) in [4.78, 5) is 11.6. The maximum atomic E-state index is 11.6. The van der Waals surface area contributed by atoms with E-state index in [1.165, 1.54) is 13.2 Å². The van der Waals surface area contributed by atoms with Crippen LogP contribution in [0.1, 0.15) is 26.3 Å². The van der Waals surface area contributed by atoms with E-state index in [9.17, 15) is 4.79 Å². The lowest BCUT2D eigenvalue weighted by molar-refractivity contribution is -0.137. The molecule has 0 saturated carbocycles. The van der Waals surface area contributed by atoms with Crippen LogP contribution in [0.25, 0.3) is 6.08 Å². The smallest absolute Gasteiger partial charge is 0.348 e. The van der Waals surface area contributed by atoms with Crippen molar-refractivity contribution in [3.8, 4) is 17.6 Å². The van der Waals surface area contributed by atoms with E-state index < -0.39 is 5.97 Å². The molecule has 0 spiro atoms. The molecule has 0 fully saturated rings. The van der Waals surface area contributed by atoms with Crippen LogP contribution in [0.2, 0.25) is 0 Å². The third-order valence-corrected chi connectivity index (χ3v) is 2.48. The van der Waals surface area contributed by atoms with E-state index in [0.29, 0.717) is 17.1 Å². The van der Waals surface area contributed by atoms with Gasteiger partial charge in [0.25, 0.3) is 0 Å². The highest BCUT2D eigenvalue weighted by Gasteiger charge is 2.11. The number of esters is 1. The molecule has 0 heterocycles. The van der Waals surface area contributed by atoms with Gasteiger partial charge in [0.2, 0.25) is 0 Å². The van der Waals surface area contributed by atoms with Crippen molar-refractivity contribution in [3.63, 3.8) is 0 Å². The fraction of sp³-hybridized carbons (Fsp3) is 0.375. The minimum atomic E-state index is -0.638. The zero-order valence-corrected chi connectivity index (χ0v) is 12.7. The third kappa shape index (κ3) is 4.84. The first-order chi connectivity index (χ1) is 10.0. The van der Waals surface area contributed by atoms with Gasteiger partial charge in [-0.1, -0.05) is 6.07 Å². The summed E-state index contributed by atoms with van der Waals surface area (Å²) in [7, 11) is 1.53. The van der Waals surface area contributed by atoms with E-state index in [2.05, 4.69) is 0 Å². The van der Waals surface area contributed by atoms with Crippen molar-refractivity contribution in [2.75, 3.05) is 13.7 Å². The lowest BCUT2D eigenvalue weighted by Gasteiger charge is -2.13. The molecule has 0 amide bonds. The van der Waals surface area contributed by atoms with Crippen molar-refractivity contribution < 1.29 is 19.0 Å². The fourth-order valence-electron chi connectivity index (χ4n) is 1.64. The molecule has 0 N–H and O–H groups in total. The van der Waals surface area contributed by atoms with Gasteiger partial charge in [0.15, 0.2) is 11.5 Å². The lowest BCUT2D eigenvalue weighted by atomic mass is 10.1. The summed E-state index contributed by atoms with van der Waals surface area (Å²) in [6.07, 6.45) is 1.48.